The van der Waals surface area contributed by atoms with Crippen LogP contribution in [0.25, 0.3) is 11.1 Å². The van der Waals surface area contributed by atoms with Gasteiger partial charge in [-0.3, -0.25) is 4.79 Å². The summed E-state index contributed by atoms with van der Waals surface area (Å²) in [6.45, 7) is 2.75. The van der Waals surface area contributed by atoms with Gasteiger partial charge in [-0.15, -0.1) is 0 Å². The van der Waals surface area contributed by atoms with E-state index in [2.05, 4.69) is 19.1 Å². The maximum absolute atomic E-state index is 13.2. The Morgan fingerprint density at radius 1 is 0.897 bits per heavy atom. The first kappa shape index (κ1) is 19.1. The number of hydrogen-bond donors (Lipinski definition) is 0. The lowest BCUT2D eigenvalue weighted by atomic mass is 9.92. The van der Waals surface area contributed by atoms with Gasteiger partial charge in [-0.2, -0.15) is 0 Å². The molecule has 1 heterocycles. The molecule has 4 heteroatoms. The lowest BCUT2D eigenvalue weighted by Gasteiger charge is -2.36. The molecule has 29 heavy (non-hydrogen) atoms. The molecule has 0 bridgehead atoms. The lowest BCUT2D eigenvalue weighted by Crippen LogP contribution is -2.38. The van der Waals surface area contributed by atoms with E-state index in [0.717, 1.165) is 28.9 Å². The number of benzene rings is 3. The van der Waals surface area contributed by atoms with Gasteiger partial charge in [0.2, 0.25) is 0 Å². The fourth-order valence-corrected chi connectivity index (χ4v) is 4.02. The van der Waals surface area contributed by atoms with Crippen molar-refractivity contribution in [3.63, 3.8) is 0 Å². The van der Waals surface area contributed by atoms with E-state index in [1.807, 2.05) is 59.5 Å². The molecular formula is C25H25NO3. The van der Waals surface area contributed by atoms with Crippen molar-refractivity contribution in [2.24, 2.45) is 0 Å². The maximum atomic E-state index is 13.2. The summed E-state index contributed by atoms with van der Waals surface area (Å²) >= 11 is 0. The van der Waals surface area contributed by atoms with Crippen LogP contribution in [-0.4, -0.2) is 31.6 Å². The molecule has 3 aromatic carbocycles. The SMILES string of the molecule is COc1cc2c(cc1OC)[C@@H](C)N(C(=O)c1ccc(-c3ccccc3)cc1)CC2. The standard InChI is InChI=1S/C25H25NO3/c1-17-22-16-24(29-3)23(28-2)15-21(22)13-14-26(17)25(27)20-11-9-19(10-12-20)18-7-5-4-6-8-18/h4-12,15-17H,13-14H2,1-3H3/t17-/m1/s1. The Bertz CT molecular complexity index is 1010. The zero-order valence-corrected chi connectivity index (χ0v) is 17.0. The first-order valence-corrected chi connectivity index (χ1v) is 9.83. The van der Waals surface area contributed by atoms with Crippen molar-refractivity contribution in [2.45, 2.75) is 19.4 Å². The highest BCUT2D eigenvalue weighted by Crippen LogP contribution is 2.38. The van der Waals surface area contributed by atoms with Gasteiger partial charge in [0.15, 0.2) is 11.5 Å². The van der Waals surface area contributed by atoms with Gasteiger partial charge >= 0.3 is 0 Å². The minimum atomic E-state index is -0.0279. The van der Waals surface area contributed by atoms with Crippen molar-refractivity contribution in [3.05, 3.63) is 83.4 Å². The van der Waals surface area contributed by atoms with E-state index in [0.29, 0.717) is 17.9 Å². The summed E-state index contributed by atoms with van der Waals surface area (Å²) < 4.78 is 10.9. The molecule has 1 aliphatic rings. The molecule has 0 saturated carbocycles. The highest BCUT2D eigenvalue weighted by Gasteiger charge is 2.29. The Kier molecular flexibility index (Phi) is 5.26. The molecule has 3 aromatic rings. The number of hydrogen-bond acceptors (Lipinski definition) is 3. The second kappa shape index (κ2) is 8.00. The molecule has 0 aliphatic carbocycles. The predicted octanol–water partition coefficient (Wildman–Crippen LogP) is 5.13. The van der Waals surface area contributed by atoms with Crippen LogP contribution in [0.2, 0.25) is 0 Å². The van der Waals surface area contributed by atoms with E-state index >= 15 is 0 Å². The number of rotatable bonds is 4. The molecule has 4 nitrogen and oxygen atoms in total. The first-order chi connectivity index (χ1) is 14.1. The highest BCUT2D eigenvalue weighted by atomic mass is 16.5. The smallest absolute Gasteiger partial charge is 0.254 e. The lowest BCUT2D eigenvalue weighted by molar-refractivity contribution is 0.0677. The molecular weight excluding hydrogens is 362 g/mol. The zero-order valence-electron chi connectivity index (χ0n) is 17.0. The van der Waals surface area contributed by atoms with Crippen molar-refractivity contribution in [2.75, 3.05) is 20.8 Å². The maximum Gasteiger partial charge on any atom is 0.254 e. The zero-order chi connectivity index (χ0) is 20.4. The van der Waals surface area contributed by atoms with Crippen molar-refractivity contribution < 1.29 is 14.3 Å². The second-order valence-corrected chi connectivity index (χ2v) is 7.27. The third-order valence-corrected chi connectivity index (χ3v) is 5.68. The number of nitrogens with zero attached hydrogens (tertiary/aromatic N) is 1. The minimum Gasteiger partial charge on any atom is -0.493 e. The fraction of sp³-hybridized carbons (Fsp3) is 0.240. The van der Waals surface area contributed by atoms with E-state index in [1.165, 1.54) is 5.56 Å². The van der Waals surface area contributed by atoms with Gasteiger partial charge in [0.1, 0.15) is 0 Å². The molecule has 1 atom stereocenters. The van der Waals surface area contributed by atoms with Gasteiger partial charge in [0.25, 0.3) is 5.91 Å². The predicted molar refractivity (Wildman–Crippen MR) is 115 cm³/mol. The number of fused-ring (bicyclic) bond motifs is 1. The van der Waals surface area contributed by atoms with E-state index in [4.69, 9.17) is 9.47 Å². The van der Waals surface area contributed by atoms with Crippen LogP contribution >= 0.6 is 0 Å². The van der Waals surface area contributed by atoms with Crippen LogP contribution in [0.5, 0.6) is 11.5 Å². The van der Waals surface area contributed by atoms with Crippen LogP contribution < -0.4 is 9.47 Å². The van der Waals surface area contributed by atoms with Crippen LogP contribution in [0.3, 0.4) is 0 Å². The van der Waals surface area contributed by atoms with Crippen LogP contribution in [0.1, 0.15) is 34.5 Å². The molecule has 148 valence electrons. The van der Waals surface area contributed by atoms with E-state index in [1.54, 1.807) is 14.2 Å². The number of carbonyl (C=O) groups excluding carboxylic acids is 1. The fourth-order valence-electron chi connectivity index (χ4n) is 4.02. The summed E-state index contributed by atoms with van der Waals surface area (Å²) in [6, 6.07) is 22.0. The van der Waals surface area contributed by atoms with E-state index in [-0.39, 0.29) is 11.9 Å². The molecule has 4 rings (SSSR count). The summed E-state index contributed by atoms with van der Waals surface area (Å²) in [7, 11) is 3.28. The van der Waals surface area contributed by atoms with Gasteiger partial charge in [0, 0.05) is 12.1 Å². The topological polar surface area (TPSA) is 38.8 Å². The average Bonchev–Trinajstić information content (AvgIpc) is 2.79. The molecule has 1 amide bonds. The molecule has 1 aliphatic heterocycles. The van der Waals surface area contributed by atoms with Crippen LogP contribution in [0, 0.1) is 0 Å². The minimum absolute atomic E-state index is 0.0279. The Morgan fingerprint density at radius 2 is 1.52 bits per heavy atom. The Labute approximate surface area is 171 Å². The Balaban J connectivity index is 1.58. The van der Waals surface area contributed by atoms with Crippen LogP contribution in [0.4, 0.5) is 0 Å². The third-order valence-electron chi connectivity index (χ3n) is 5.68. The third kappa shape index (κ3) is 3.58. The Hall–Kier alpha value is -3.27. The molecule has 0 radical (unpaired) electrons. The molecule has 0 spiro atoms. The molecule has 0 unspecified atom stereocenters. The molecule has 0 N–H and O–H groups in total. The summed E-state index contributed by atoms with van der Waals surface area (Å²) in [5, 5.41) is 0. The monoisotopic (exact) mass is 387 g/mol. The summed E-state index contributed by atoms with van der Waals surface area (Å²) in [6.07, 6.45) is 0.799. The van der Waals surface area contributed by atoms with Crippen LogP contribution in [0.15, 0.2) is 66.7 Å². The number of amides is 1. The molecule has 0 aromatic heterocycles. The van der Waals surface area contributed by atoms with Gasteiger partial charge in [-0.05, 0) is 59.9 Å². The number of ether oxygens (including phenoxy) is 2. The van der Waals surface area contributed by atoms with Gasteiger partial charge in [-0.25, -0.2) is 0 Å². The van der Waals surface area contributed by atoms with Crippen molar-refractivity contribution in [3.8, 4) is 22.6 Å². The average molecular weight is 387 g/mol. The van der Waals surface area contributed by atoms with Crippen molar-refractivity contribution in [1.82, 2.24) is 4.90 Å². The van der Waals surface area contributed by atoms with Crippen molar-refractivity contribution >= 4 is 5.91 Å². The normalized spacial score (nSPS) is 15.6. The molecule has 0 saturated heterocycles. The quantitative estimate of drug-likeness (QED) is 0.623. The highest BCUT2D eigenvalue weighted by molar-refractivity contribution is 5.95. The van der Waals surface area contributed by atoms with E-state index < -0.39 is 0 Å². The van der Waals surface area contributed by atoms with Crippen molar-refractivity contribution in [1.29, 1.82) is 0 Å². The summed E-state index contributed by atoms with van der Waals surface area (Å²) in [4.78, 5) is 15.2. The van der Waals surface area contributed by atoms with Gasteiger partial charge in [0.05, 0.1) is 20.3 Å². The van der Waals surface area contributed by atoms with Crippen LogP contribution in [-0.2, 0) is 6.42 Å². The van der Waals surface area contributed by atoms with E-state index in [9.17, 15) is 4.79 Å². The summed E-state index contributed by atoms with van der Waals surface area (Å²) in [5.74, 6) is 1.48. The van der Waals surface area contributed by atoms with Gasteiger partial charge < -0.3 is 14.4 Å². The largest absolute Gasteiger partial charge is 0.493 e. The second-order valence-electron chi connectivity index (χ2n) is 7.27. The number of carbonyl (C=O) groups is 1. The molecule has 0 fully saturated rings. The Morgan fingerprint density at radius 3 is 2.17 bits per heavy atom. The number of methoxy groups -OCH3 is 2. The first-order valence-electron chi connectivity index (χ1n) is 9.83. The summed E-state index contributed by atoms with van der Waals surface area (Å²) in [5.41, 5.74) is 5.28. The van der Waals surface area contributed by atoms with Gasteiger partial charge in [-0.1, -0.05) is 42.5 Å².